The van der Waals surface area contributed by atoms with Crippen LogP contribution in [0, 0.1) is 0 Å². The van der Waals surface area contributed by atoms with Gasteiger partial charge in [0.1, 0.15) is 0 Å². The molecule has 0 radical (unpaired) electrons. The molecule has 18 heteroatoms. The van der Waals surface area contributed by atoms with Crippen LogP contribution in [0.2, 0.25) is 0 Å². The predicted molar refractivity (Wildman–Crippen MR) is 74.9 cm³/mol. The van der Waals surface area contributed by atoms with Crippen molar-refractivity contribution in [3.8, 4) is 6.01 Å². The highest BCUT2D eigenvalue weighted by molar-refractivity contribution is 7.52. The minimum atomic E-state index is -4.29. The highest BCUT2D eigenvalue weighted by Crippen LogP contribution is 2.80. The van der Waals surface area contributed by atoms with Gasteiger partial charge in [0, 0.05) is 6.92 Å². The van der Waals surface area contributed by atoms with Gasteiger partial charge in [-0.05, 0) is 0 Å². The summed E-state index contributed by atoms with van der Waals surface area (Å²) in [4.78, 5) is 44.9. The van der Waals surface area contributed by atoms with Crippen molar-refractivity contribution >= 4 is 44.6 Å². The Balaban J connectivity index is 1.57. The second-order valence-corrected chi connectivity index (χ2v) is 8.36. The van der Waals surface area contributed by atoms with Crippen LogP contribution in [0.5, 0.6) is 6.01 Å². The average molecular weight is 419 g/mol. The molecule has 1 atom stereocenters. The van der Waals surface area contributed by atoms with E-state index in [-0.39, 0.29) is 17.2 Å². The lowest BCUT2D eigenvalue weighted by molar-refractivity contribution is -0.398. The lowest BCUT2D eigenvalue weighted by Gasteiger charge is -2.53. The molecule has 3 fully saturated rings. The van der Waals surface area contributed by atoms with Gasteiger partial charge >= 0.3 is 39.1 Å². The van der Waals surface area contributed by atoms with E-state index in [9.17, 15) is 23.5 Å². The number of hydrogen-bond donors (Lipinski definition) is 0. The molecule has 0 spiro atoms. The van der Waals surface area contributed by atoms with Crippen LogP contribution in [0.3, 0.4) is 0 Å². The summed E-state index contributed by atoms with van der Waals surface area (Å²) in [7, 11) is -8.04. The number of anilines is 1. The molecule has 1 unspecified atom stereocenters. The van der Waals surface area contributed by atoms with Crippen molar-refractivity contribution in [2.24, 2.45) is 0 Å². The van der Waals surface area contributed by atoms with Gasteiger partial charge in [-0.1, -0.05) is 0 Å². The maximum atomic E-state index is 12.6. The zero-order chi connectivity index (χ0) is 18.9. The Hall–Kier alpha value is -2.77. The minimum Gasteiger partial charge on any atom is -0.346 e. The lowest BCUT2D eigenvalue weighted by Crippen LogP contribution is -2.67. The molecule has 0 N–H and O–H groups in total. The molecular weight excluding hydrogens is 416 g/mol. The molecule has 27 heavy (non-hydrogen) atoms. The third kappa shape index (κ3) is 1.63. The summed E-state index contributed by atoms with van der Waals surface area (Å²) in [6.07, 6.45) is 0. The molecular formula is C9H3N5O11P2. The molecule has 0 aromatic carbocycles. The van der Waals surface area contributed by atoms with Gasteiger partial charge in [0.2, 0.25) is 11.6 Å². The van der Waals surface area contributed by atoms with Crippen LogP contribution in [-0.4, -0.2) is 37.2 Å². The zero-order valence-electron chi connectivity index (χ0n) is 12.6. The lowest BCUT2D eigenvalue weighted by atomic mass is 10.4. The van der Waals surface area contributed by atoms with E-state index in [0.29, 0.717) is 9.63 Å². The van der Waals surface area contributed by atoms with Crippen molar-refractivity contribution in [2.75, 3.05) is 4.90 Å². The number of imidazole rings is 1. The van der Waals surface area contributed by atoms with E-state index in [4.69, 9.17) is 13.8 Å². The van der Waals surface area contributed by atoms with Crippen molar-refractivity contribution < 1.29 is 46.1 Å². The third-order valence-corrected chi connectivity index (χ3v) is 6.31. The first kappa shape index (κ1) is 15.3. The van der Waals surface area contributed by atoms with Crippen molar-refractivity contribution in [3.05, 3.63) is 10.4 Å². The summed E-state index contributed by atoms with van der Waals surface area (Å²) in [5, 5.41) is 0. The van der Waals surface area contributed by atoms with Gasteiger partial charge in [-0.2, -0.15) is 14.5 Å². The van der Waals surface area contributed by atoms with Crippen LogP contribution in [0.25, 0.3) is 11.2 Å². The Kier molecular flexibility index (Phi) is 2.30. The van der Waals surface area contributed by atoms with Crippen LogP contribution < -0.4 is 24.2 Å². The van der Waals surface area contributed by atoms with Crippen LogP contribution in [0.1, 0.15) is 6.92 Å². The minimum absolute atomic E-state index is 0.276. The Morgan fingerprint density at radius 2 is 1.74 bits per heavy atom. The standard InChI is InChI=1S/C9H3N5O11P2/c1-2(15)12(6(17)9-21-27(19,22-9)23-9)7-11-5(16)3-4-10-8-13(3)24-26(18,20-8)25-14(4)7/h1H3. The van der Waals surface area contributed by atoms with Gasteiger partial charge in [-0.25, -0.2) is 23.0 Å². The molecule has 6 aliphatic heterocycles. The van der Waals surface area contributed by atoms with Crippen molar-refractivity contribution in [1.29, 1.82) is 0 Å². The highest BCUT2D eigenvalue weighted by Gasteiger charge is 2.81. The molecule has 2 aromatic rings. The van der Waals surface area contributed by atoms with Gasteiger partial charge in [0.05, 0.1) is 0 Å². The Morgan fingerprint density at radius 3 is 2.37 bits per heavy atom. The number of hydrogen-bond acceptors (Lipinski definition) is 13. The largest absolute Gasteiger partial charge is 0.689 e. The monoisotopic (exact) mass is 419 g/mol. The number of carbonyl (C=O) groups is 2. The van der Waals surface area contributed by atoms with E-state index in [0.717, 1.165) is 11.7 Å². The van der Waals surface area contributed by atoms with E-state index < -0.39 is 44.9 Å². The number of rotatable bonds is 2. The van der Waals surface area contributed by atoms with Crippen LogP contribution in [0.4, 0.5) is 5.95 Å². The number of phosphoric acid groups is 2. The summed E-state index contributed by atoms with van der Waals surface area (Å²) in [6.45, 7) is 0.946. The van der Waals surface area contributed by atoms with Crippen LogP contribution in [-0.2, 0) is 32.3 Å². The summed E-state index contributed by atoms with van der Waals surface area (Å²) in [6, 6.07) is -0.330. The van der Waals surface area contributed by atoms with Crippen LogP contribution in [0.15, 0.2) is 4.79 Å². The van der Waals surface area contributed by atoms with E-state index in [2.05, 4.69) is 23.5 Å². The second kappa shape index (κ2) is 4.05. The summed E-state index contributed by atoms with van der Waals surface area (Å²) < 4.78 is 54.0. The Morgan fingerprint density at radius 1 is 1.07 bits per heavy atom. The van der Waals surface area contributed by atoms with Gasteiger partial charge in [0.15, 0.2) is 5.52 Å². The molecule has 8 rings (SSSR count). The summed E-state index contributed by atoms with van der Waals surface area (Å²) in [5.74, 6) is -5.42. The molecule has 2 aromatic heterocycles. The average Bonchev–Trinajstić information content (AvgIpc) is 2.90. The molecule has 16 nitrogen and oxygen atoms in total. The normalized spacial score (nSPS) is 33.5. The smallest absolute Gasteiger partial charge is 0.346 e. The first-order valence-electron chi connectivity index (χ1n) is 6.96. The fourth-order valence-corrected chi connectivity index (χ4v) is 5.04. The summed E-state index contributed by atoms with van der Waals surface area (Å²) in [5.41, 5.74) is -1.56. The van der Waals surface area contributed by atoms with Gasteiger partial charge < -0.3 is 4.52 Å². The van der Waals surface area contributed by atoms with E-state index in [1.54, 1.807) is 0 Å². The number of carbonyl (C=O) groups excluding carboxylic acids is 2. The molecule has 140 valence electrons. The molecule has 6 aliphatic rings. The van der Waals surface area contributed by atoms with Crippen molar-refractivity contribution in [1.82, 2.24) is 19.4 Å². The number of phosphoric ester groups is 1. The maximum absolute atomic E-state index is 12.6. The van der Waals surface area contributed by atoms with E-state index in [1.165, 1.54) is 0 Å². The van der Waals surface area contributed by atoms with Crippen molar-refractivity contribution in [3.63, 3.8) is 0 Å². The quantitative estimate of drug-likeness (QED) is 0.524. The maximum Gasteiger partial charge on any atom is 0.689 e. The first-order chi connectivity index (χ1) is 12.6. The number of imide groups is 1. The number of aromatic nitrogens is 4. The van der Waals surface area contributed by atoms with E-state index in [1.807, 2.05) is 0 Å². The molecule has 8 heterocycles. The Bertz CT molecular complexity index is 1270. The predicted octanol–water partition coefficient (Wildman–Crippen LogP) is -1.32. The molecule has 8 bridgehead atoms. The fraction of sp³-hybridized carbons (Fsp3) is 0.222. The highest BCUT2D eigenvalue weighted by atomic mass is 31.2. The Labute approximate surface area is 145 Å². The molecule has 0 aliphatic carbocycles. The molecule has 2 amide bonds. The van der Waals surface area contributed by atoms with Crippen LogP contribution >= 0.6 is 15.6 Å². The second-order valence-electron chi connectivity index (χ2n) is 5.51. The fourth-order valence-electron chi connectivity index (χ4n) is 2.77. The van der Waals surface area contributed by atoms with Crippen molar-refractivity contribution in [2.45, 2.75) is 12.9 Å². The third-order valence-electron chi connectivity index (χ3n) is 3.80. The molecule has 3 saturated heterocycles. The SMILES string of the molecule is CC(=O)N(C(=O)C12OP(=O)(O1)O2)c1nc(=O)c2c3nc4n2OP(=O)(O4)On13. The van der Waals surface area contributed by atoms with Gasteiger partial charge in [-0.15, -0.1) is 9.46 Å². The zero-order valence-corrected chi connectivity index (χ0v) is 14.4. The first-order valence-corrected chi connectivity index (χ1v) is 9.89. The topological polar surface area (TPSA) is 180 Å². The van der Waals surface area contributed by atoms with E-state index >= 15 is 0 Å². The molecule has 0 saturated carbocycles. The van der Waals surface area contributed by atoms with Gasteiger partial charge in [0.25, 0.3) is 5.95 Å². The number of nitrogens with zero attached hydrogens (tertiary/aromatic N) is 5. The van der Waals surface area contributed by atoms with Gasteiger partial charge in [-0.3, -0.25) is 23.6 Å². The summed E-state index contributed by atoms with van der Waals surface area (Å²) >= 11 is 0. The number of amides is 2.